The van der Waals surface area contributed by atoms with Gasteiger partial charge < -0.3 is 20.1 Å². The van der Waals surface area contributed by atoms with E-state index in [9.17, 15) is 27.6 Å². The lowest BCUT2D eigenvalue weighted by atomic mass is 9.67. The first-order chi connectivity index (χ1) is 19.5. The fourth-order valence-electron chi connectivity index (χ4n) is 6.64. The Morgan fingerprint density at radius 1 is 1.12 bits per heavy atom. The van der Waals surface area contributed by atoms with E-state index >= 15 is 0 Å². The van der Waals surface area contributed by atoms with Gasteiger partial charge in [-0.2, -0.15) is 13.2 Å². The highest BCUT2D eigenvalue weighted by atomic mass is 19.4. The second-order valence-electron chi connectivity index (χ2n) is 11.1. The molecule has 3 atom stereocenters. The van der Waals surface area contributed by atoms with E-state index in [4.69, 9.17) is 0 Å². The summed E-state index contributed by atoms with van der Waals surface area (Å²) in [7, 11) is 0. The zero-order valence-corrected chi connectivity index (χ0v) is 23.5. The predicted molar refractivity (Wildman–Crippen MR) is 149 cm³/mol. The quantitative estimate of drug-likeness (QED) is 0.421. The maximum absolute atomic E-state index is 14.0. The van der Waals surface area contributed by atoms with Gasteiger partial charge in [0.1, 0.15) is 0 Å². The molecular formula is C31H35F3N4O3. The lowest BCUT2D eigenvalue weighted by Crippen LogP contribution is -2.64. The number of nitrogens with one attached hydrogen (secondary N) is 2. The van der Waals surface area contributed by atoms with Gasteiger partial charge >= 0.3 is 6.18 Å². The Bertz CT molecular complexity index is 1480. The number of amides is 3. The van der Waals surface area contributed by atoms with E-state index in [0.29, 0.717) is 31.6 Å². The Labute approximate surface area is 237 Å². The lowest BCUT2D eigenvalue weighted by molar-refractivity contribution is -0.164. The summed E-state index contributed by atoms with van der Waals surface area (Å²) < 4.78 is 39.3. The largest absolute Gasteiger partial charge is 0.416 e. The molecule has 0 aliphatic carbocycles. The number of rotatable bonds is 7. The number of benzene rings is 2. The zero-order valence-electron chi connectivity index (χ0n) is 23.5. The molecule has 218 valence electrons. The Balaban J connectivity index is 1.41. The summed E-state index contributed by atoms with van der Waals surface area (Å²) in [5.74, 6) is -1.99. The fourth-order valence-corrected chi connectivity index (χ4v) is 6.64. The maximum atomic E-state index is 14.0. The Hall–Kier alpha value is -3.82. The predicted octanol–water partition coefficient (Wildman–Crippen LogP) is 5.00. The molecule has 7 nitrogen and oxygen atoms in total. The molecule has 2 N–H and O–H groups in total. The summed E-state index contributed by atoms with van der Waals surface area (Å²) >= 11 is 0. The second kappa shape index (κ2) is 10.9. The fraction of sp³-hybridized carbons (Fsp3) is 0.452. The molecule has 2 aliphatic heterocycles. The van der Waals surface area contributed by atoms with Crippen LogP contribution in [-0.2, 0) is 39.1 Å². The highest BCUT2D eigenvalue weighted by Crippen LogP contribution is 2.50. The summed E-state index contributed by atoms with van der Waals surface area (Å²) in [6.45, 7) is 7.18. The van der Waals surface area contributed by atoms with Crippen molar-refractivity contribution in [2.24, 2.45) is 11.8 Å². The monoisotopic (exact) mass is 568 g/mol. The van der Waals surface area contributed by atoms with E-state index in [-0.39, 0.29) is 31.2 Å². The number of aromatic nitrogens is 1. The minimum Gasteiger partial charge on any atom is -0.356 e. The molecular weight excluding hydrogens is 533 g/mol. The van der Waals surface area contributed by atoms with E-state index in [1.807, 2.05) is 45.0 Å². The van der Waals surface area contributed by atoms with Gasteiger partial charge in [0.05, 0.1) is 17.0 Å². The highest BCUT2D eigenvalue weighted by molar-refractivity contribution is 5.93. The molecule has 2 aromatic carbocycles. The van der Waals surface area contributed by atoms with E-state index in [2.05, 4.69) is 10.3 Å². The number of carbonyl (C=O) groups excluding carboxylic acids is 3. The number of aromatic amines is 1. The van der Waals surface area contributed by atoms with Crippen LogP contribution in [0.15, 0.2) is 48.5 Å². The summed E-state index contributed by atoms with van der Waals surface area (Å²) in [5.41, 5.74) is 1.56. The van der Waals surface area contributed by atoms with Crippen molar-refractivity contribution >= 4 is 28.6 Å². The Morgan fingerprint density at radius 2 is 1.85 bits per heavy atom. The zero-order chi connectivity index (χ0) is 29.5. The Kier molecular flexibility index (Phi) is 7.61. The molecule has 0 bridgehead atoms. The third kappa shape index (κ3) is 5.08. The van der Waals surface area contributed by atoms with Gasteiger partial charge in [0, 0.05) is 55.1 Å². The van der Waals surface area contributed by atoms with Crippen molar-refractivity contribution in [1.29, 1.82) is 0 Å². The van der Waals surface area contributed by atoms with Gasteiger partial charge in [0.15, 0.2) is 0 Å². The van der Waals surface area contributed by atoms with Crippen LogP contribution in [0, 0.1) is 11.8 Å². The molecule has 0 spiro atoms. The summed E-state index contributed by atoms with van der Waals surface area (Å²) in [6, 6.07) is 12.8. The topological polar surface area (TPSA) is 85.5 Å². The molecule has 2 aliphatic rings. The number of piperidine rings is 1. The van der Waals surface area contributed by atoms with Crippen molar-refractivity contribution in [2.45, 2.75) is 58.3 Å². The van der Waals surface area contributed by atoms with Gasteiger partial charge in [0.2, 0.25) is 17.7 Å². The lowest BCUT2D eigenvalue weighted by Gasteiger charge is -2.54. The summed E-state index contributed by atoms with van der Waals surface area (Å²) in [6.07, 6.45) is -3.80. The first kappa shape index (κ1) is 28.7. The van der Waals surface area contributed by atoms with Gasteiger partial charge in [0.25, 0.3) is 0 Å². The number of alkyl halides is 3. The van der Waals surface area contributed by atoms with Crippen LogP contribution in [-0.4, -0.2) is 52.1 Å². The van der Waals surface area contributed by atoms with Crippen LogP contribution in [0.3, 0.4) is 0 Å². The number of para-hydroxylation sites is 1. The number of halogens is 3. The average molecular weight is 569 g/mol. The van der Waals surface area contributed by atoms with E-state index in [1.54, 1.807) is 9.80 Å². The average Bonchev–Trinajstić information content (AvgIpc) is 3.34. The molecule has 3 aromatic rings. The SMILES string of the molecule is CCN(CC)C(=O)[C@H]1CC(CC(=O)NCc2cccc(C(F)(F)F)c2)C(=O)N2CCc3c([nH]c4ccccc34)[C@]12C. The number of carbonyl (C=O) groups is 3. The minimum atomic E-state index is -4.48. The third-order valence-electron chi connectivity index (χ3n) is 8.83. The van der Waals surface area contributed by atoms with Crippen LogP contribution < -0.4 is 5.32 Å². The third-order valence-corrected chi connectivity index (χ3v) is 8.83. The van der Waals surface area contributed by atoms with Crippen molar-refractivity contribution in [1.82, 2.24) is 20.1 Å². The van der Waals surface area contributed by atoms with Crippen LogP contribution in [0.2, 0.25) is 0 Å². The molecule has 0 saturated carbocycles. The molecule has 5 rings (SSSR count). The number of hydrogen-bond acceptors (Lipinski definition) is 3. The molecule has 10 heteroatoms. The highest BCUT2D eigenvalue weighted by Gasteiger charge is 2.57. The smallest absolute Gasteiger partial charge is 0.356 e. The molecule has 1 aromatic heterocycles. The van der Waals surface area contributed by atoms with Crippen LogP contribution >= 0.6 is 0 Å². The van der Waals surface area contributed by atoms with Gasteiger partial charge in [-0.25, -0.2) is 0 Å². The maximum Gasteiger partial charge on any atom is 0.416 e. The van der Waals surface area contributed by atoms with Crippen LogP contribution in [0.25, 0.3) is 10.9 Å². The molecule has 41 heavy (non-hydrogen) atoms. The molecule has 1 unspecified atom stereocenters. The first-order valence-corrected chi connectivity index (χ1v) is 14.1. The normalized spacial score (nSPS) is 22.3. The van der Waals surface area contributed by atoms with Crippen LogP contribution in [0.5, 0.6) is 0 Å². The standard InChI is InChI=1S/C31H35F3N4O3/c1-4-37(5-2)29(41)24-16-20(17-26(39)35-18-19-9-8-10-21(15-19)31(32,33)34)28(40)38-14-13-23-22-11-6-7-12-25(22)36-27(23)30(24,38)3/h6-12,15,20,24,36H,4-5,13-14,16-18H2,1-3H3,(H,35,39)/t20?,24-,30+/m1/s1. The van der Waals surface area contributed by atoms with Crippen molar-refractivity contribution in [2.75, 3.05) is 19.6 Å². The molecule has 3 heterocycles. The van der Waals surface area contributed by atoms with Gasteiger partial charge in [-0.05, 0) is 62.9 Å². The van der Waals surface area contributed by atoms with Crippen molar-refractivity contribution in [3.8, 4) is 0 Å². The number of H-pyrrole nitrogens is 1. The second-order valence-corrected chi connectivity index (χ2v) is 11.1. The van der Waals surface area contributed by atoms with Crippen LogP contribution in [0.1, 0.15) is 56.0 Å². The van der Waals surface area contributed by atoms with Gasteiger partial charge in [-0.1, -0.05) is 30.3 Å². The minimum absolute atomic E-state index is 0.0594. The van der Waals surface area contributed by atoms with E-state index in [0.717, 1.165) is 34.3 Å². The number of nitrogens with zero attached hydrogens (tertiary/aromatic N) is 2. The Morgan fingerprint density at radius 3 is 2.56 bits per heavy atom. The van der Waals surface area contributed by atoms with E-state index in [1.165, 1.54) is 12.1 Å². The van der Waals surface area contributed by atoms with Gasteiger partial charge in [-0.3, -0.25) is 14.4 Å². The van der Waals surface area contributed by atoms with Crippen molar-refractivity contribution < 1.29 is 27.6 Å². The molecule has 3 amide bonds. The molecule has 1 saturated heterocycles. The van der Waals surface area contributed by atoms with Crippen molar-refractivity contribution in [3.05, 3.63) is 70.9 Å². The first-order valence-electron chi connectivity index (χ1n) is 14.1. The number of fused-ring (bicyclic) bond motifs is 5. The number of hydrogen-bond donors (Lipinski definition) is 2. The molecule has 0 radical (unpaired) electrons. The molecule has 1 fully saturated rings. The summed E-state index contributed by atoms with van der Waals surface area (Å²) in [5, 5.41) is 3.76. The van der Waals surface area contributed by atoms with Gasteiger partial charge in [-0.15, -0.1) is 0 Å². The summed E-state index contributed by atoms with van der Waals surface area (Å²) in [4.78, 5) is 47.9. The van der Waals surface area contributed by atoms with Crippen molar-refractivity contribution in [3.63, 3.8) is 0 Å². The van der Waals surface area contributed by atoms with Crippen LogP contribution in [0.4, 0.5) is 13.2 Å². The van der Waals surface area contributed by atoms with E-state index < -0.39 is 35.0 Å².